The van der Waals surface area contributed by atoms with E-state index >= 15 is 0 Å². The third kappa shape index (κ3) is 4.16. The number of halogens is 1. The summed E-state index contributed by atoms with van der Waals surface area (Å²) in [4.78, 5) is 21.7. The molecule has 0 saturated carbocycles. The van der Waals surface area contributed by atoms with Gasteiger partial charge in [-0.25, -0.2) is 4.39 Å². The van der Waals surface area contributed by atoms with Crippen molar-refractivity contribution in [3.63, 3.8) is 0 Å². The van der Waals surface area contributed by atoms with Crippen molar-refractivity contribution in [1.82, 2.24) is 5.32 Å². The number of nitrogen functional groups attached to an aromatic ring is 1. The van der Waals surface area contributed by atoms with Crippen LogP contribution < -0.4 is 11.1 Å². The molecular formula is C12H16FN3O4. The van der Waals surface area contributed by atoms with E-state index in [0.29, 0.717) is 6.07 Å². The van der Waals surface area contributed by atoms with E-state index in [1.165, 1.54) is 0 Å². The Morgan fingerprint density at radius 2 is 2.20 bits per heavy atom. The number of nitrogens with zero attached hydrogens (tertiary/aromatic N) is 1. The van der Waals surface area contributed by atoms with Crippen molar-refractivity contribution in [2.75, 3.05) is 18.9 Å². The molecule has 0 aliphatic rings. The second-order valence-corrected chi connectivity index (χ2v) is 4.32. The first-order valence-electron chi connectivity index (χ1n) is 5.96. The summed E-state index contributed by atoms with van der Waals surface area (Å²) in [5, 5.41) is 13.1. The maximum absolute atomic E-state index is 13.3. The number of nitrogens with one attached hydrogen (secondary N) is 1. The first-order chi connectivity index (χ1) is 9.32. The average molecular weight is 285 g/mol. The van der Waals surface area contributed by atoms with Gasteiger partial charge in [-0.15, -0.1) is 0 Å². The summed E-state index contributed by atoms with van der Waals surface area (Å²) < 4.78 is 18.5. The maximum Gasteiger partial charge on any atom is 0.295 e. The Bertz CT molecular complexity index is 520. The summed E-state index contributed by atoms with van der Waals surface area (Å²) >= 11 is 0. The van der Waals surface area contributed by atoms with Crippen LogP contribution in [0.2, 0.25) is 0 Å². The molecule has 7 nitrogen and oxygen atoms in total. The van der Waals surface area contributed by atoms with Crippen molar-refractivity contribution in [1.29, 1.82) is 0 Å². The number of hydrogen-bond donors (Lipinski definition) is 2. The highest BCUT2D eigenvalue weighted by molar-refractivity contribution is 6.01. The van der Waals surface area contributed by atoms with Gasteiger partial charge in [0, 0.05) is 6.54 Å². The minimum atomic E-state index is -0.894. The molecule has 1 amide bonds. The predicted molar refractivity (Wildman–Crippen MR) is 70.9 cm³/mol. The van der Waals surface area contributed by atoms with E-state index in [1.54, 1.807) is 0 Å². The molecule has 0 bridgehead atoms. The fraction of sp³-hybridized carbons (Fsp3) is 0.417. The zero-order chi connectivity index (χ0) is 15.3. The highest BCUT2D eigenvalue weighted by Gasteiger charge is 2.21. The number of ether oxygens (including phenoxy) is 1. The predicted octanol–water partition coefficient (Wildman–Crippen LogP) is 1.47. The van der Waals surface area contributed by atoms with E-state index in [2.05, 4.69) is 5.32 Å². The zero-order valence-corrected chi connectivity index (χ0v) is 11.2. The van der Waals surface area contributed by atoms with E-state index in [4.69, 9.17) is 10.5 Å². The van der Waals surface area contributed by atoms with Gasteiger partial charge in [0.1, 0.15) is 11.5 Å². The molecule has 0 saturated heterocycles. The van der Waals surface area contributed by atoms with Crippen molar-refractivity contribution in [3.05, 3.63) is 33.6 Å². The summed E-state index contributed by atoms with van der Waals surface area (Å²) in [7, 11) is 0. The van der Waals surface area contributed by atoms with Crippen LogP contribution >= 0.6 is 0 Å². The van der Waals surface area contributed by atoms with Gasteiger partial charge >= 0.3 is 0 Å². The number of nitro groups is 1. The quantitative estimate of drug-likeness (QED) is 0.356. The SMILES string of the molecule is CC(C)OCCNC(=O)c1cc(F)cc([N+](=O)[O-])c1N. The van der Waals surface area contributed by atoms with Gasteiger partial charge in [-0.05, 0) is 19.9 Å². The molecule has 110 valence electrons. The summed E-state index contributed by atoms with van der Waals surface area (Å²) in [6, 6.07) is 1.54. The Morgan fingerprint density at radius 1 is 1.55 bits per heavy atom. The number of hydrogen-bond acceptors (Lipinski definition) is 5. The third-order valence-electron chi connectivity index (χ3n) is 2.40. The molecule has 0 atom stereocenters. The van der Waals surface area contributed by atoms with Crippen molar-refractivity contribution in [2.24, 2.45) is 0 Å². The molecule has 0 heterocycles. The van der Waals surface area contributed by atoms with Crippen molar-refractivity contribution < 1.29 is 18.8 Å². The van der Waals surface area contributed by atoms with E-state index in [0.717, 1.165) is 6.07 Å². The number of amides is 1. The van der Waals surface area contributed by atoms with Crippen molar-refractivity contribution in [2.45, 2.75) is 20.0 Å². The molecule has 0 aliphatic carbocycles. The van der Waals surface area contributed by atoms with E-state index in [9.17, 15) is 19.3 Å². The fourth-order valence-corrected chi connectivity index (χ4v) is 1.50. The standard InChI is InChI=1S/C12H16FN3O4/c1-7(2)20-4-3-15-12(17)9-5-8(13)6-10(11(9)14)16(18)19/h5-7H,3-4,14H2,1-2H3,(H,15,17). The molecule has 1 rings (SSSR count). The minimum absolute atomic E-state index is 0.0206. The molecule has 0 radical (unpaired) electrons. The third-order valence-corrected chi connectivity index (χ3v) is 2.40. The van der Waals surface area contributed by atoms with Gasteiger partial charge in [0.25, 0.3) is 11.6 Å². The van der Waals surface area contributed by atoms with Crippen LogP contribution in [0.1, 0.15) is 24.2 Å². The summed E-state index contributed by atoms with van der Waals surface area (Å²) in [6.45, 7) is 4.16. The average Bonchev–Trinajstić information content (AvgIpc) is 2.36. The molecule has 0 aliphatic heterocycles. The highest BCUT2D eigenvalue weighted by Crippen LogP contribution is 2.26. The van der Waals surface area contributed by atoms with Crippen LogP contribution in [-0.2, 0) is 4.74 Å². The van der Waals surface area contributed by atoms with Gasteiger partial charge < -0.3 is 15.8 Å². The smallest absolute Gasteiger partial charge is 0.295 e. The first-order valence-corrected chi connectivity index (χ1v) is 5.96. The maximum atomic E-state index is 13.3. The molecule has 0 unspecified atom stereocenters. The number of benzene rings is 1. The van der Waals surface area contributed by atoms with Crippen molar-refractivity contribution >= 4 is 17.3 Å². The molecule has 1 aromatic carbocycles. The van der Waals surface area contributed by atoms with Gasteiger partial charge in [0.05, 0.1) is 29.3 Å². The molecule has 8 heteroatoms. The zero-order valence-electron chi connectivity index (χ0n) is 11.2. The number of nitrogens with two attached hydrogens (primary N) is 1. The van der Waals surface area contributed by atoms with Gasteiger partial charge in [-0.2, -0.15) is 0 Å². The van der Waals surface area contributed by atoms with Crippen LogP contribution in [0.5, 0.6) is 0 Å². The van der Waals surface area contributed by atoms with E-state index < -0.39 is 22.3 Å². The molecule has 1 aromatic rings. The molecule has 0 aromatic heterocycles. The number of nitro benzene ring substituents is 1. The lowest BCUT2D eigenvalue weighted by Crippen LogP contribution is -2.29. The van der Waals surface area contributed by atoms with Gasteiger partial charge in [0.15, 0.2) is 0 Å². The molecule has 0 fully saturated rings. The van der Waals surface area contributed by atoms with Crippen molar-refractivity contribution in [3.8, 4) is 0 Å². The molecule has 20 heavy (non-hydrogen) atoms. The van der Waals surface area contributed by atoms with Crippen LogP contribution in [-0.4, -0.2) is 30.1 Å². The van der Waals surface area contributed by atoms with Crippen LogP contribution in [0.25, 0.3) is 0 Å². The normalized spacial score (nSPS) is 10.6. The summed E-state index contributed by atoms with van der Waals surface area (Å²) in [5.41, 5.74) is 4.25. The van der Waals surface area contributed by atoms with Gasteiger partial charge in [0.2, 0.25) is 0 Å². The van der Waals surface area contributed by atoms with Gasteiger partial charge in [-0.1, -0.05) is 0 Å². The lowest BCUT2D eigenvalue weighted by Gasteiger charge is -2.10. The number of rotatable bonds is 6. The lowest BCUT2D eigenvalue weighted by atomic mass is 10.1. The Labute approximate surface area is 115 Å². The Hall–Kier alpha value is -2.22. The van der Waals surface area contributed by atoms with Crippen LogP contribution in [0.15, 0.2) is 12.1 Å². The minimum Gasteiger partial charge on any atom is -0.393 e. The second kappa shape index (κ2) is 6.80. The van der Waals surface area contributed by atoms with Crippen LogP contribution in [0, 0.1) is 15.9 Å². The van der Waals surface area contributed by atoms with E-state index in [-0.39, 0.29) is 30.5 Å². The summed E-state index contributed by atoms with van der Waals surface area (Å²) in [5.74, 6) is -1.58. The van der Waals surface area contributed by atoms with Gasteiger partial charge in [-0.3, -0.25) is 14.9 Å². The lowest BCUT2D eigenvalue weighted by molar-refractivity contribution is -0.384. The first kappa shape index (κ1) is 15.8. The monoisotopic (exact) mass is 285 g/mol. The number of carbonyl (C=O) groups is 1. The molecular weight excluding hydrogens is 269 g/mol. The fourth-order valence-electron chi connectivity index (χ4n) is 1.50. The summed E-state index contributed by atoms with van der Waals surface area (Å²) in [6.07, 6.45) is 0.0206. The van der Waals surface area contributed by atoms with E-state index in [1.807, 2.05) is 13.8 Å². The highest BCUT2D eigenvalue weighted by atomic mass is 19.1. The number of anilines is 1. The molecule has 3 N–H and O–H groups in total. The Balaban J connectivity index is 2.80. The van der Waals surface area contributed by atoms with Crippen LogP contribution in [0.4, 0.5) is 15.8 Å². The Kier molecular flexibility index (Phi) is 5.39. The largest absolute Gasteiger partial charge is 0.393 e. The Morgan fingerprint density at radius 3 is 2.75 bits per heavy atom. The second-order valence-electron chi connectivity index (χ2n) is 4.32. The molecule has 0 spiro atoms. The number of carbonyl (C=O) groups excluding carboxylic acids is 1. The topological polar surface area (TPSA) is 107 Å². The van der Waals surface area contributed by atoms with Crippen LogP contribution in [0.3, 0.4) is 0 Å².